The number of rotatable bonds is 6. The van der Waals surface area contributed by atoms with Crippen LogP contribution in [0.2, 0.25) is 0 Å². The maximum Gasteiger partial charge on any atom is 0.292 e. The Labute approximate surface area is 165 Å². The summed E-state index contributed by atoms with van der Waals surface area (Å²) in [6.07, 6.45) is 4.28. The number of carbonyl (C=O) groups is 1. The predicted molar refractivity (Wildman–Crippen MR) is 110 cm³/mol. The van der Waals surface area contributed by atoms with Crippen LogP contribution in [0.4, 0.5) is 5.69 Å². The summed E-state index contributed by atoms with van der Waals surface area (Å²) in [6.45, 7) is 2.09. The number of nitro groups is 1. The van der Waals surface area contributed by atoms with Crippen molar-refractivity contribution in [3.05, 3.63) is 86.3 Å². The molecule has 0 bridgehead atoms. The van der Waals surface area contributed by atoms with Gasteiger partial charge in [-0.05, 0) is 31.2 Å². The van der Waals surface area contributed by atoms with Gasteiger partial charge in [-0.25, -0.2) is 10.1 Å². The van der Waals surface area contributed by atoms with Crippen molar-refractivity contribution in [1.82, 2.24) is 15.2 Å². The summed E-state index contributed by atoms with van der Waals surface area (Å²) in [5.74, 6) is -0.571. The fourth-order valence-corrected chi connectivity index (χ4v) is 2.75. The van der Waals surface area contributed by atoms with Crippen LogP contribution in [0.5, 0.6) is 0 Å². The van der Waals surface area contributed by atoms with Crippen molar-refractivity contribution >= 4 is 34.7 Å². The lowest BCUT2D eigenvalue weighted by molar-refractivity contribution is -0.385. The molecule has 9 heteroatoms. The number of hydrazone groups is 1. The first-order valence-corrected chi connectivity index (χ1v) is 8.76. The minimum absolute atomic E-state index is 0.0290. The third-order valence-corrected chi connectivity index (χ3v) is 4.12. The van der Waals surface area contributed by atoms with E-state index >= 15 is 0 Å². The van der Waals surface area contributed by atoms with Gasteiger partial charge >= 0.3 is 0 Å². The van der Waals surface area contributed by atoms with E-state index in [1.807, 2.05) is 0 Å². The third kappa shape index (κ3) is 4.24. The van der Waals surface area contributed by atoms with Crippen molar-refractivity contribution in [3.8, 4) is 0 Å². The summed E-state index contributed by atoms with van der Waals surface area (Å²) < 4.78 is 1.22. The van der Waals surface area contributed by atoms with Crippen LogP contribution in [0.1, 0.15) is 23.0 Å². The number of carbonyl (C=O) groups excluding carboxylic acids is 1. The Morgan fingerprint density at radius 1 is 1.21 bits per heavy atom. The molecule has 0 saturated heterocycles. The van der Waals surface area contributed by atoms with Crippen LogP contribution in [0.15, 0.2) is 64.5 Å². The molecule has 1 aromatic heterocycles. The van der Waals surface area contributed by atoms with E-state index < -0.39 is 10.8 Å². The minimum atomic E-state index is -0.571. The van der Waals surface area contributed by atoms with Crippen LogP contribution >= 0.6 is 0 Å². The minimum Gasteiger partial charge on any atom is -0.267 e. The number of nitrogens with zero attached hydrogens (tertiary/aromatic N) is 4. The van der Waals surface area contributed by atoms with Gasteiger partial charge < -0.3 is 0 Å². The second kappa shape index (κ2) is 8.70. The van der Waals surface area contributed by atoms with Crippen LogP contribution in [0, 0.1) is 10.1 Å². The zero-order valence-electron chi connectivity index (χ0n) is 15.5. The number of fused-ring (bicyclic) bond motifs is 1. The van der Waals surface area contributed by atoms with Gasteiger partial charge in [0.1, 0.15) is 0 Å². The average molecular weight is 391 g/mol. The number of nitro benzene ring substituents is 1. The maximum atomic E-state index is 12.5. The Kier molecular flexibility index (Phi) is 5.88. The highest BCUT2D eigenvalue weighted by Gasteiger charge is 2.15. The van der Waals surface area contributed by atoms with E-state index in [2.05, 4.69) is 15.6 Å². The molecule has 0 atom stereocenters. The van der Waals surface area contributed by atoms with Gasteiger partial charge in [-0.15, -0.1) is 0 Å². The van der Waals surface area contributed by atoms with Crippen molar-refractivity contribution in [3.63, 3.8) is 0 Å². The van der Waals surface area contributed by atoms with Crippen molar-refractivity contribution < 1.29 is 9.72 Å². The lowest BCUT2D eigenvalue weighted by Crippen LogP contribution is -2.28. The molecule has 29 heavy (non-hydrogen) atoms. The molecular weight excluding hydrogens is 374 g/mol. The first-order chi connectivity index (χ1) is 14.0. The third-order valence-electron chi connectivity index (χ3n) is 4.12. The summed E-state index contributed by atoms with van der Waals surface area (Å²) in [5.41, 5.74) is 2.56. The van der Waals surface area contributed by atoms with Crippen molar-refractivity contribution in [1.29, 1.82) is 0 Å². The summed E-state index contributed by atoms with van der Waals surface area (Å²) in [7, 11) is 0. The topological polar surface area (TPSA) is 119 Å². The zero-order valence-corrected chi connectivity index (χ0v) is 15.5. The van der Waals surface area contributed by atoms with Crippen molar-refractivity contribution in [2.45, 2.75) is 13.5 Å². The molecule has 1 amide bonds. The summed E-state index contributed by atoms with van der Waals surface area (Å²) in [4.78, 5) is 35.3. The Balaban J connectivity index is 1.79. The number of amides is 1. The Hall–Kier alpha value is -4.14. The number of nitrogens with one attached hydrogen (secondary N) is 1. The standard InChI is InChI=1S/C20H17N5O4/c1-2-24-20(27)16-11-5-4-10-15(16)18(23-24)19(26)22-21-13-7-9-14-8-3-6-12-17(14)25(28)29/h3-13H,2H2,1H3,(H,22,26)/b9-7+,21-13-. The van der Waals surface area contributed by atoms with E-state index in [-0.39, 0.29) is 16.9 Å². The highest BCUT2D eigenvalue weighted by atomic mass is 16.6. The number of hydrogen-bond donors (Lipinski definition) is 1. The molecule has 0 fully saturated rings. The Morgan fingerprint density at radius 3 is 2.62 bits per heavy atom. The normalized spacial score (nSPS) is 11.3. The van der Waals surface area contributed by atoms with Gasteiger partial charge in [-0.3, -0.25) is 19.7 Å². The highest BCUT2D eigenvalue weighted by molar-refractivity contribution is 6.04. The van der Waals surface area contributed by atoms with Crippen LogP contribution in [-0.2, 0) is 6.54 Å². The van der Waals surface area contributed by atoms with E-state index in [1.165, 1.54) is 29.1 Å². The zero-order chi connectivity index (χ0) is 20.8. The molecule has 1 heterocycles. The fraction of sp³-hybridized carbons (Fsp3) is 0.100. The molecule has 3 rings (SSSR count). The maximum absolute atomic E-state index is 12.5. The highest BCUT2D eigenvalue weighted by Crippen LogP contribution is 2.18. The number of benzene rings is 2. The Morgan fingerprint density at radius 2 is 1.90 bits per heavy atom. The molecule has 0 saturated carbocycles. The molecule has 0 unspecified atom stereocenters. The molecule has 146 valence electrons. The van der Waals surface area contributed by atoms with E-state index in [0.29, 0.717) is 22.9 Å². The molecule has 3 aromatic rings. The Bertz CT molecular complexity index is 1200. The van der Waals surface area contributed by atoms with Crippen molar-refractivity contribution in [2.24, 2.45) is 5.10 Å². The SMILES string of the molecule is CCn1nc(C(=O)N/N=C\C=C\c2ccccc2[N+](=O)[O-])c2ccccc2c1=O. The van der Waals surface area contributed by atoms with E-state index in [0.717, 1.165) is 0 Å². The van der Waals surface area contributed by atoms with Crippen LogP contribution < -0.4 is 11.0 Å². The van der Waals surface area contributed by atoms with Gasteiger partial charge in [-0.1, -0.05) is 30.3 Å². The van der Waals surface area contributed by atoms with Gasteiger partial charge in [0.05, 0.1) is 15.9 Å². The quantitative estimate of drug-likeness (QED) is 0.394. The van der Waals surface area contributed by atoms with Crippen LogP contribution in [0.3, 0.4) is 0 Å². The second-order valence-corrected chi connectivity index (χ2v) is 5.91. The van der Waals surface area contributed by atoms with E-state index in [1.54, 1.807) is 49.4 Å². The number of allylic oxidation sites excluding steroid dienone is 1. The van der Waals surface area contributed by atoms with Gasteiger partial charge in [0.2, 0.25) is 0 Å². The van der Waals surface area contributed by atoms with Crippen LogP contribution in [0.25, 0.3) is 16.8 Å². The molecule has 0 aliphatic carbocycles. The largest absolute Gasteiger partial charge is 0.292 e. The van der Waals surface area contributed by atoms with Gasteiger partial charge in [0.15, 0.2) is 5.69 Å². The van der Waals surface area contributed by atoms with Gasteiger partial charge in [0, 0.05) is 24.2 Å². The lowest BCUT2D eigenvalue weighted by Gasteiger charge is -2.08. The molecule has 9 nitrogen and oxygen atoms in total. The van der Waals surface area contributed by atoms with Gasteiger partial charge in [-0.2, -0.15) is 10.2 Å². The molecule has 0 aliphatic heterocycles. The van der Waals surface area contributed by atoms with Crippen molar-refractivity contribution in [2.75, 3.05) is 0 Å². The summed E-state index contributed by atoms with van der Waals surface area (Å²) in [5, 5.41) is 19.8. The molecular formula is C20H17N5O4. The molecule has 2 aromatic carbocycles. The lowest BCUT2D eigenvalue weighted by atomic mass is 10.1. The average Bonchev–Trinajstić information content (AvgIpc) is 2.74. The number of aryl methyl sites for hydroxylation is 1. The number of aromatic nitrogens is 2. The monoisotopic (exact) mass is 391 g/mol. The first-order valence-electron chi connectivity index (χ1n) is 8.76. The van der Waals surface area contributed by atoms with E-state index in [9.17, 15) is 19.7 Å². The molecule has 0 spiro atoms. The second-order valence-electron chi connectivity index (χ2n) is 5.91. The molecule has 0 aliphatic rings. The number of para-hydroxylation sites is 1. The molecule has 1 N–H and O–H groups in total. The summed E-state index contributed by atoms with van der Waals surface area (Å²) >= 11 is 0. The number of hydrogen-bond acceptors (Lipinski definition) is 6. The fourth-order valence-electron chi connectivity index (χ4n) is 2.75. The first kappa shape index (κ1) is 19.6. The van der Waals surface area contributed by atoms with Gasteiger partial charge in [0.25, 0.3) is 17.2 Å². The van der Waals surface area contributed by atoms with E-state index in [4.69, 9.17) is 0 Å². The predicted octanol–water partition coefficient (Wildman–Crippen LogP) is 2.75. The summed E-state index contributed by atoms with van der Waals surface area (Å²) in [6, 6.07) is 13.0. The van der Waals surface area contributed by atoms with Crippen LogP contribution in [-0.4, -0.2) is 26.8 Å². The molecule has 0 radical (unpaired) electrons. The smallest absolute Gasteiger partial charge is 0.267 e.